The SMILES string of the molecule is CC(=O)Oc1cccc(C23CCN(C)CC2CC[C@H](N(CC(C)C)C(=O)c2ccccc2)C3)c1. The first-order chi connectivity index (χ1) is 16.3. The average molecular weight is 463 g/mol. The number of amides is 1. The normalized spacial score (nSPS) is 25.0. The van der Waals surface area contributed by atoms with Crippen molar-refractivity contribution in [2.75, 3.05) is 26.7 Å². The molecule has 182 valence electrons. The van der Waals surface area contributed by atoms with E-state index in [1.807, 2.05) is 42.5 Å². The highest BCUT2D eigenvalue weighted by Crippen LogP contribution is 2.50. The number of piperidine rings is 1. The predicted molar refractivity (Wildman–Crippen MR) is 135 cm³/mol. The summed E-state index contributed by atoms with van der Waals surface area (Å²) in [5.41, 5.74) is 1.97. The van der Waals surface area contributed by atoms with E-state index < -0.39 is 0 Å². The molecule has 0 N–H and O–H groups in total. The highest BCUT2D eigenvalue weighted by Gasteiger charge is 2.49. The fraction of sp³-hybridized carbons (Fsp3) is 0.517. The molecule has 1 aliphatic carbocycles. The van der Waals surface area contributed by atoms with Crippen molar-refractivity contribution in [2.24, 2.45) is 11.8 Å². The molecule has 2 aromatic rings. The number of esters is 1. The molecule has 4 rings (SSSR count). The first kappa shape index (κ1) is 24.5. The molecule has 3 atom stereocenters. The van der Waals surface area contributed by atoms with Gasteiger partial charge in [-0.2, -0.15) is 0 Å². The number of fused-ring (bicyclic) bond motifs is 1. The summed E-state index contributed by atoms with van der Waals surface area (Å²) in [5, 5.41) is 0. The van der Waals surface area contributed by atoms with Crippen molar-refractivity contribution in [1.82, 2.24) is 9.80 Å². The highest BCUT2D eigenvalue weighted by molar-refractivity contribution is 5.94. The lowest BCUT2D eigenvalue weighted by Crippen LogP contribution is -2.56. The predicted octanol–water partition coefficient (Wildman–Crippen LogP) is 5.15. The van der Waals surface area contributed by atoms with Crippen molar-refractivity contribution in [3.8, 4) is 5.75 Å². The smallest absolute Gasteiger partial charge is 0.308 e. The number of carbonyl (C=O) groups is 2. The molecule has 0 spiro atoms. The van der Waals surface area contributed by atoms with Crippen LogP contribution in [-0.4, -0.2) is 54.4 Å². The molecule has 5 heteroatoms. The summed E-state index contributed by atoms with van der Waals surface area (Å²) in [6.45, 7) is 8.65. The van der Waals surface area contributed by atoms with Gasteiger partial charge in [0.2, 0.25) is 0 Å². The first-order valence-electron chi connectivity index (χ1n) is 12.6. The Kier molecular flexibility index (Phi) is 7.42. The molecule has 1 saturated heterocycles. The van der Waals surface area contributed by atoms with Crippen LogP contribution in [0.1, 0.15) is 62.4 Å². The van der Waals surface area contributed by atoms with E-state index in [-0.39, 0.29) is 23.3 Å². The summed E-state index contributed by atoms with van der Waals surface area (Å²) in [6.07, 6.45) is 4.10. The van der Waals surface area contributed by atoms with Gasteiger partial charge in [-0.15, -0.1) is 0 Å². The first-order valence-corrected chi connectivity index (χ1v) is 12.6. The van der Waals surface area contributed by atoms with E-state index in [9.17, 15) is 9.59 Å². The van der Waals surface area contributed by atoms with E-state index in [4.69, 9.17) is 4.74 Å². The number of benzene rings is 2. The number of hydrogen-bond acceptors (Lipinski definition) is 4. The molecule has 0 aromatic heterocycles. The largest absolute Gasteiger partial charge is 0.427 e. The lowest BCUT2D eigenvalue weighted by Gasteiger charge is -2.54. The van der Waals surface area contributed by atoms with Gasteiger partial charge in [0, 0.05) is 37.0 Å². The van der Waals surface area contributed by atoms with Gasteiger partial charge in [0.25, 0.3) is 5.91 Å². The Labute approximate surface area is 204 Å². The third-order valence-electron chi connectivity index (χ3n) is 7.66. The van der Waals surface area contributed by atoms with Gasteiger partial charge in [0.15, 0.2) is 0 Å². The molecule has 2 unspecified atom stereocenters. The Morgan fingerprint density at radius 1 is 1.12 bits per heavy atom. The van der Waals surface area contributed by atoms with Gasteiger partial charge >= 0.3 is 5.97 Å². The summed E-state index contributed by atoms with van der Waals surface area (Å²) in [6, 6.07) is 18.0. The lowest BCUT2D eigenvalue weighted by atomic mass is 9.57. The van der Waals surface area contributed by atoms with E-state index in [1.54, 1.807) is 0 Å². The zero-order valence-electron chi connectivity index (χ0n) is 21.0. The molecule has 0 bridgehead atoms. The van der Waals surface area contributed by atoms with Crippen LogP contribution in [0.3, 0.4) is 0 Å². The molecule has 1 saturated carbocycles. The summed E-state index contributed by atoms with van der Waals surface area (Å²) in [7, 11) is 2.20. The Balaban J connectivity index is 1.69. The minimum absolute atomic E-state index is 0.0300. The van der Waals surface area contributed by atoms with Crippen LogP contribution in [0.2, 0.25) is 0 Å². The molecule has 0 radical (unpaired) electrons. The second kappa shape index (κ2) is 10.3. The van der Waals surface area contributed by atoms with Crippen LogP contribution in [0.15, 0.2) is 54.6 Å². The quantitative estimate of drug-likeness (QED) is 0.440. The lowest BCUT2D eigenvalue weighted by molar-refractivity contribution is -0.131. The summed E-state index contributed by atoms with van der Waals surface area (Å²) in [4.78, 5) is 29.8. The van der Waals surface area contributed by atoms with E-state index >= 15 is 0 Å². The molecular formula is C29H38N2O3. The second-order valence-corrected chi connectivity index (χ2v) is 10.6. The number of rotatable bonds is 6. The Bertz CT molecular complexity index is 1010. The Hall–Kier alpha value is -2.66. The summed E-state index contributed by atoms with van der Waals surface area (Å²) >= 11 is 0. The third-order valence-corrected chi connectivity index (χ3v) is 7.66. The molecule has 1 aliphatic heterocycles. The summed E-state index contributed by atoms with van der Waals surface area (Å²) < 4.78 is 5.45. The van der Waals surface area contributed by atoms with E-state index in [0.717, 1.165) is 50.9 Å². The minimum Gasteiger partial charge on any atom is -0.427 e. The van der Waals surface area contributed by atoms with Gasteiger partial charge in [-0.05, 0) is 80.9 Å². The molecule has 2 aromatic carbocycles. The number of nitrogens with zero attached hydrogens (tertiary/aromatic N) is 2. The molecular weight excluding hydrogens is 424 g/mol. The van der Waals surface area contributed by atoms with Gasteiger partial charge in [-0.3, -0.25) is 9.59 Å². The molecule has 1 amide bonds. The van der Waals surface area contributed by atoms with E-state index in [0.29, 0.717) is 17.6 Å². The van der Waals surface area contributed by atoms with E-state index in [2.05, 4.69) is 42.8 Å². The average Bonchev–Trinajstić information content (AvgIpc) is 2.82. The maximum absolute atomic E-state index is 13.7. The number of carbonyl (C=O) groups excluding carboxylic acids is 2. The zero-order chi connectivity index (χ0) is 24.3. The van der Waals surface area contributed by atoms with Crippen LogP contribution < -0.4 is 4.74 Å². The highest BCUT2D eigenvalue weighted by atomic mass is 16.5. The van der Waals surface area contributed by atoms with Crippen LogP contribution in [-0.2, 0) is 10.2 Å². The maximum atomic E-state index is 13.7. The van der Waals surface area contributed by atoms with E-state index in [1.165, 1.54) is 12.5 Å². The minimum atomic E-state index is -0.298. The maximum Gasteiger partial charge on any atom is 0.308 e. The van der Waals surface area contributed by atoms with Crippen molar-refractivity contribution >= 4 is 11.9 Å². The van der Waals surface area contributed by atoms with Crippen molar-refractivity contribution in [1.29, 1.82) is 0 Å². The van der Waals surface area contributed by atoms with Crippen molar-refractivity contribution in [3.05, 3.63) is 65.7 Å². The zero-order valence-corrected chi connectivity index (χ0v) is 21.0. The van der Waals surface area contributed by atoms with Crippen molar-refractivity contribution in [2.45, 2.75) is 57.9 Å². The van der Waals surface area contributed by atoms with Gasteiger partial charge in [0.05, 0.1) is 0 Å². The molecule has 34 heavy (non-hydrogen) atoms. The van der Waals surface area contributed by atoms with Crippen molar-refractivity contribution < 1.29 is 14.3 Å². The second-order valence-electron chi connectivity index (χ2n) is 10.6. The number of likely N-dealkylation sites (tertiary alicyclic amines) is 1. The molecule has 5 nitrogen and oxygen atoms in total. The van der Waals surface area contributed by atoms with Crippen LogP contribution >= 0.6 is 0 Å². The van der Waals surface area contributed by atoms with Crippen molar-refractivity contribution in [3.63, 3.8) is 0 Å². The van der Waals surface area contributed by atoms with Crippen LogP contribution in [0.25, 0.3) is 0 Å². The number of ether oxygens (including phenoxy) is 1. The fourth-order valence-electron chi connectivity index (χ4n) is 6.13. The van der Waals surface area contributed by atoms with Crippen LogP contribution in [0, 0.1) is 11.8 Å². The Morgan fingerprint density at radius 3 is 2.59 bits per heavy atom. The van der Waals surface area contributed by atoms with Gasteiger partial charge in [-0.1, -0.05) is 44.2 Å². The van der Waals surface area contributed by atoms with Crippen LogP contribution in [0.4, 0.5) is 0 Å². The molecule has 2 aliphatic rings. The fourth-order valence-corrected chi connectivity index (χ4v) is 6.13. The molecule has 1 heterocycles. The summed E-state index contributed by atoms with van der Waals surface area (Å²) in [5.74, 6) is 1.36. The van der Waals surface area contributed by atoms with Gasteiger partial charge in [-0.25, -0.2) is 0 Å². The standard InChI is InChI=1S/C29H38N2O3/c1-21(2)19-31(28(33)23-9-6-5-7-10-23)26-14-13-25-20-30(4)16-15-29(25,18-26)24-11-8-12-27(17-24)34-22(3)32/h5-12,17,21,25-26H,13-16,18-20H2,1-4H3/t25?,26-,29?/m0/s1. The Morgan fingerprint density at radius 2 is 1.88 bits per heavy atom. The topological polar surface area (TPSA) is 49.9 Å². The van der Waals surface area contributed by atoms with Gasteiger partial charge in [0.1, 0.15) is 5.75 Å². The van der Waals surface area contributed by atoms with Gasteiger partial charge < -0.3 is 14.5 Å². The number of hydrogen-bond donors (Lipinski definition) is 0. The monoisotopic (exact) mass is 462 g/mol. The molecule has 2 fully saturated rings. The third kappa shape index (κ3) is 5.20. The van der Waals surface area contributed by atoms with Crippen LogP contribution in [0.5, 0.6) is 5.75 Å².